The van der Waals surface area contributed by atoms with Crippen molar-refractivity contribution in [3.63, 3.8) is 0 Å². The van der Waals surface area contributed by atoms with Crippen molar-refractivity contribution in [1.29, 1.82) is 0 Å². The molecule has 0 aliphatic heterocycles. The fraction of sp³-hybridized carbons (Fsp3) is 0.760. The lowest BCUT2D eigenvalue weighted by molar-refractivity contribution is -0.385. The number of hydrogen-bond acceptors (Lipinski definition) is 3. The lowest BCUT2D eigenvalue weighted by Gasteiger charge is -2.35. The van der Waals surface area contributed by atoms with Crippen LogP contribution in [0, 0.1) is 23.4 Å². The summed E-state index contributed by atoms with van der Waals surface area (Å²) in [6.07, 6.45) is 11.2. The van der Waals surface area contributed by atoms with Crippen LogP contribution in [0.25, 0.3) is 0 Å². The molecular weight excluding hydrogens is 405 g/mol. The molecule has 1 rings (SSSR count). The van der Waals surface area contributed by atoms with Crippen molar-refractivity contribution in [3.8, 4) is 0 Å². The second kappa shape index (κ2) is 15.7. The molecule has 0 fully saturated rings. The van der Waals surface area contributed by atoms with Crippen molar-refractivity contribution in [3.05, 3.63) is 35.1 Å². The van der Waals surface area contributed by atoms with E-state index in [4.69, 9.17) is 9.47 Å². The minimum Gasteiger partial charge on any atom is -0.343 e. The molecule has 0 heterocycles. The third kappa shape index (κ3) is 10.4. The number of halogens is 3. The molecule has 1 N–H and O–H groups in total. The monoisotopic (exact) mass is 446 g/mol. The maximum absolute atomic E-state index is 13.8. The van der Waals surface area contributed by atoms with Gasteiger partial charge in [0.1, 0.15) is 5.82 Å². The summed E-state index contributed by atoms with van der Waals surface area (Å²) in [5, 5.41) is 11.0. The van der Waals surface area contributed by atoms with Crippen LogP contribution in [0.1, 0.15) is 97.0 Å². The first-order chi connectivity index (χ1) is 14.9. The highest BCUT2D eigenvalue weighted by molar-refractivity contribution is 5.20. The minimum absolute atomic E-state index is 0.140. The van der Waals surface area contributed by atoms with E-state index < -0.39 is 23.4 Å². The Kier molecular flexibility index (Phi) is 14.1. The Morgan fingerprint density at radius 2 is 1.26 bits per heavy atom. The first kappa shape index (κ1) is 27.9. The number of unbranched alkanes of at least 4 members (excludes halogenated alkanes) is 7. The molecule has 0 saturated carbocycles. The summed E-state index contributed by atoms with van der Waals surface area (Å²) < 4.78 is 51.4. The molecule has 3 nitrogen and oxygen atoms in total. The molecule has 1 aromatic carbocycles. The number of hydrogen-bond donors (Lipinski definition) is 1. The summed E-state index contributed by atoms with van der Waals surface area (Å²) in [6.45, 7) is 6.59. The van der Waals surface area contributed by atoms with Crippen molar-refractivity contribution >= 4 is 0 Å². The van der Waals surface area contributed by atoms with Crippen molar-refractivity contribution in [2.75, 3.05) is 13.2 Å². The summed E-state index contributed by atoms with van der Waals surface area (Å²) in [6, 6.07) is 1.54. The van der Waals surface area contributed by atoms with Crippen molar-refractivity contribution < 1.29 is 27.8 Å². The van der Waals surface area contributed by atoms with Crippen LogP contribution in [-0.2, 0) is 15.9 Å². The molecule has 0 amide bonds. The van der Waals surface area contributed by atoms with Gasteiger partial charge in [-0.2, -0.15) is 0 Å². The topological polar surface area (TPSA) is 38.7 Å². The van der Waals surface area contributed by atoms with Crippen molar-refractivity contribution in [1.82, 2.24) is 0 Å². The average molecular weight is 447 g/mol. The van der Waals surface area contributed by atoms with Gasteiger partial charge in [-0.15, -0.1) is 0 Å². The van der Waals surface area contributed by atoms with Crippen LogP contribution in [0.5, 0.6) is 0 Å². The Morgan fingerprint density at radius 1 is 0.742 bits per heavy atom. The van der Waals surface area contributed by atoms with Gasteiger partial charge in [-0.3, -0.25) is 0 Å². The molecule has 1 aromatic rings. The zero-order chi connectivity index (χ0) is 23.1. The number of aliphatic hydroxyl groups is 1. The average Bonchev–Trinajstić information content (AvgIpc) is 2.72. The second-order valence-corrected chi connectivity index (χ2v) is 8.21. The predicted octanol–water partition coefficient (Wildman–Crippen LogP) is 7.29. The maximum atomic E-state index is 13.8. The fourth-order valence-electron chi connectivity index (χ4n) is 4.01. The van der Waals surface area contributed by atoms with Gasteiger partial charge >= 0.3 is 0 Å². The van der Waals surface area contributed by atoms with Gasteiger partial charge in [0.2, 0.25) is 0 Å². The van der Waals surface area contributed by atoms with Crippen LogP contribution < -0.4 is 0 Å². The molecule has 0 bridgehead atoms. The molecule has 0 aliphatic rings. The minimum atomic E-state index is -1.58. The quantitative estimate of drug-likeness (QED) is 0.146. The molecule has 6 heteroatoms. The molecule has 0 aromatic heterocycles. The van der Waals surface area contributed by atoms with E-state index in [2.05, 4.69) is 6.92 Å². The van der Waals surface area contributed by atoms with Crippen molar-refractivity contribution in [2.24, 2.45) is 5.92 Å². The number of ether oxygens (including phenoxy) is 2. The molecule has 1 atom stereocenters. The van der Waals surface area contributed by atoms with Gasteiger partial charge in [-0.1, -0.05) is 58.3 Å². The van der Waals surface area contributed by atoms with Crippen LogP contribution in [0.15, 0.2) is 12.1 Å². The normalized spacial score (nSPS) is 13.0. The molecule has 0 spiro atoms. The largest absolute Gasteiger partial charge is 0.343 e. The number of aryl methyl sites for hydroxylation is 1. The summed E-state index contributed by atoms with van der Waals surface area (Å²) in [7, 11) is 0. The summed E-state index contributed by atoms with van der Waals surface area (Å²) in [5.41, 5.74) is 0.197. The number of benzene rings is 1. The Hall–Kier alpha value is -1.11. The standard InChI is InChI=1S/C25H41F3O3/c1-4-7-8-9-10-13-16-21(25(29,30-5-2)31-6-3)17-14-11-12-15-20-18-23(27)24(28)19-22(20)26/h18-19,21,29H,4-17H2,1-3H3. The first-order valence-corrected chi connectivity index (χ1v) is 12.0. The van der Waals surface area contributed by atoms with E-state index in [1.807, 2.05) is 13.8 Å². The fourth-order valence-corrected chi connectivity index (χ4v) is 4.01. The highest BCUT2D eigenvalue weighted by Gasteiger charge is 2.37. The molecule has 180 valence electrons. The molecule has 31 heavy (non-hydrogen) atoms. The SMILES string of the molecule is CCCCCCCCC(CCCCCc1cc(F)c(F)cc1F)C(O)(OCC)OCC. The molecule has 0 radical (unpaired) electrons. The number of rotatable bonds is 18. The van der Waals surface area contributed by atoms with Crippen LogP contribution in [0.4, 0.5) is 13.2 Å². The Morgan fingerprint density at radius 3 is 1.84 bits per heavy atom. The van der Waals surface area contributed by atoms with Crippen LogP contribution in [0.3, 0.4) is 0 Å². The summed E-state index contributed by atoms with van der Waals surface area (Å²) in [4.78, 5) is 0. The zero-order valence-electron chi connectivity index (χ0n) is 19.5. The highest BCUT2D eigenvalue weighted by atomic mass is 19.2. The maximum Gasteiger partial charge on any atom is 0.283 e. The molecule has 0 aliphatic carbocycles. The highest BCUT2D eigenvalue weighted by Crippen LogP contribution is 2.31. The Bertz CT molecular complexity index is 604. The van der Waals surface area contributed by atoms with Crippen LogP contribution in [-0.4, -0.2) is 24.3 Å². The van der Waals surface area contributed by atoms with Crippen LogP contribution in [0.2, 0.25) is 0 Å². The van der Waals surface area contributed by atoms with E-state index in [9.17, 15) is 18.3 Å². The van der Waals surface area contributed by atoms with Gasteiger partial charge < -0.3 is 14.6 Å². The van der Waals surface area contributed by atoms with E-state index in [1.54, 1.807) is 0 Å². The van der Waals surface area contributed by atoms with Gasteiger partial charge in [0.05, 0.1) is 0 Å². The van der Waals surface area contributed by atoms with E-state index in [1.165, 1.54) is 25.7 Å². The van der Waals surface area contributed by atoms with E-state index in [0.29, 0.717) is 32.1 Å². The van der Waals surface area contributed by atoms with E-state index in [-0.39, 0.29) is 11.5 Å². The predicted molar refractivity (Wildman–Crippen MR) is 118 cm³/mol. The van der Waals surface area contributed by atoms with Crippen LogP contribution >= 0.6 is 0 Å². The first-order valence-electron chi connectivity index (χ1n) is 12.0. The third-order valence-corrected chi connectivity index (χ3v) is 5.71. The molecular formula is C25H41F3O3. The summed E-state index contributed by atoms with van der Waals surface area (Å²) >= 11 is 0. The lowest BCUT2D eigenvalue weighted by Crippen LogP contribution is -2.44. The van der Waals surface area contributed by atoms with Gasteiger partial charge in [0.25, 0.3) is 5.97 Å². The van der Waals surface area contributed by atoms with E-state index in [0.717, 1.165) is 44.6 Å². The van der Waals surface area contributed by atoms with Gasteiger partial charge in [0, 0.05) is 25.2 Å². The molecule has 0 saturated heterocycles. The second-order valence-electron chi connectivity index (χ2n) is 8.21. The van der Waals surface area contributed by atoms with Crippen molar-refractivity contribution in [2.45, 2.75) is 104 Å². The Balaban J connectivity index is 2.54. The van der Waals surface area contributed by atoms with Gasteiger partial charge in [-0.05, 0) is 51.2 Å². The molecule has 1 unspecified atom stereocenters. The zero-order valence-corrected chi connectivity index (χ0v) is 19.5. The third-order valence-electron chi connectivity index (χ3n) is 5.71. The smallest absolute Gasteiger partial charge is 0.283 e. The van der Waals surface area contributed by atoms with E-state index >= 15 is 0 Å². The Labute approximate surface area is 186 Å². The lowest BCUT2D eigenvalue weighted by atomic mass is 9.91. The van der Waals surface area contributed by atoms with Gasteiger partial charge in [-0.25, -0.2) is 13.2 Å². The van der Waals surface area contributed by atoms with Gasteiger partial charge in [0.15, 0.2) is 11.6 Å². The summed E-state index contributed by atoms with van der Waals surface area (Å²) in [5.74, 6) is -4.61.